The number of carbonyl (C=O) groups is 2. The first kappa shape index (κ1) is 23.5. The first-order chi connectivity index (χ1) is 15.2. The highest BCUT2D eigenvalue weighted by atomic mass is 35.5. The van der Waals surface area contributed by atoms with Crippen molar-refractivity contribution in [2.24, 2.45) is 0 Å². The molecule has 0 fully saturated rings. The molecular formula is C24H23ClN2O4S. The van der Waals surface area contributed by atoms with Gasteiger partial charge in [-0.1, -0.05) is 59.6 Å². The highest BCUT2D eigenvalue weighted by Crippen LogP contribution is 2.15. The van der Waals surface area contributed by atoms with E-state index in [9.17, 15) is 18.0 Å². The van der Waals surface area contributed by atoms with E-state index in [0.29, 0.717) is 21.8 Å². The van der Waals surface area contributed by atoms with E-state index < -0.39 is 21.5 Å². The van der Waals surface area contributed by atoms with Crippen molar-refractivity contribution < 1.29 is 18.0 Å². The topological polar surface area (TPSA) is 92.3 Å². The van der Waals surface area contributed by atoms with Crippen LogP contribution in [0.25, 0.3) is 0 Å². The van der Waals surface area contributed by atoms with Crippen molar-refractivity contribution >= 4 is 38.9 Å². The van der Waals surface area contributed by atoms with Crippen LogP contribution >= 0.6 is 11.6 Å². The Morgan fingerprint density at radius 2 is 1.66 bits per heavy atom. The Kier molecular flexibility index (Phi) is 7.66. The fourth-order valence-corrected chi connectivity index (χ4v) is 4.52. The van der Waals surface area contributed by atoms with Gasteiger partial charge in [0.1, 0.15) is 5.75 Å². The minimum atomic E-state index is -3.73. The second-order valence-electron chi connectivity index (χ2n) is 7.42. The van der Waals surface area contributed by atoms with E-state index in [1.54, 1.807) is 42.5 Å². The van der Waals surface area contributed by atoms with Crippen molar-refractivity contribution in [2.75, 3.05) is 11.1 Å². The van der Waals surface area contributed by atoms with Gasteiger partial charge in [0.15, 0.2) is 9.84 Å². The maximum absolute atomic E-state index is 12.5. The van der Waals surface area contributed by atoms with Gasteiger partial charge < -0.3 is 10.6 Å². The molecule has 0 saturated carbocycles. The summed E-state index contributed by atoms with van der Waals surface area (Å²) in [6.45, 7) is 2.17. The van der Waals surface area contributed by atoms with E-state index in [-0.39, 0.29) is 18.2 Å². The predicted molar refractivity (Wildman–Crippen MR) is 126 cm³/mol. The number of hydrogen-bond donors (Lipinski definition) is 2. The Morgan fingerprint density at radius 3 is 2.38 bits per heavy atom. The number of sulfone groups is 1. The maximum Gasteiger partial charge on any atom is 0.251 e. The molecule has 0 spiro atoms. The first-order valence-electron chi connectivity index (χ1n) is 9.89. The molecular weight excluding hydrogens is 448 g/mol. The largest absolute Gasteiger partial charge is 0.348 e. The summed E-state index contributed by atoms with van der Waals surface area (Å²) < 4.78 is 25.0. The van der Waals surface area contributed by atoms with Gasteiger partial charge in [-0.15, -0.1) is 0 Å². The first-order valence-corrected chi connectivity index (χ1v) is 12.1. The summed E-state index contributed by atoms with van der Waals surface area (Å²) in [5.74, 6) is -1.95. The van der Waals surface area contributed by atoms with Crippen molar-refractivity contribution in [3.8, 4) is 0 Å². The van der Waals surface area contributed by atoms with Crippen molar-refractivity contribution in [3.05, 3.63) is 100 Å². The molecule has 0 heterocycles. The van der Waals surface area contributed by atoms with Crippen molar-refractivity contribution in [1.29, 1.82) is 0 Å². The average molecular weight is 471 g/mol. The zero-order valence-corrected chi connectivity index (χ0v) is 19.0. The smallest absolute Gasteiger partial charge is 0.251 e. The van der Waals surface area contributed by atoms with Crippen LogP contribution in [0.4, 0.5) is 5.69 Å². The second kappa shape index (κ2) is 10.4. The van der Waals surface area contributed by atoms with Crippen LogP contribution in [0.5, 0.6) is 0 Å². The minimum absolute atomic E-state index is 0.250. The van der Waals surface area contributed by atoms with E-state index in [1.165, 1.54) is 6.07 Å². The lowest BCUT2D eigenvalue weighted by atomic mass is 10.1. The summed E-state index contributed by atoms with van der Waals surface area (Å²) in [7, 11) is -3.73. The number of anilines is 1. The molecule has 3 aromatic rings. The molecule has 0 aliphatic rings. The number of carbonyl (C=O) groups excluding carboxylic acids is 2. The molecule has 3 aromatic carbocycles. The third-order valence-corrected chi connectivity index (χ3v) is 6.50. The van der Waals surface area contributed by atoms with E-state index in [4.69, 9.17) is 11.6 Å². The molecule has 0 radical (unpaired) electrons. The molecule has 0 aromatic heterocycles. The van der Waals surface area contributed by atoms with Crippen LogP contribution < -0.4 is 10.6 Å². The van der Waals surface area contributed by atoms with Crippen molar-refractivity contribution in [2.45, 2.75) is 19.2 Å². The van der Waals surface area contributed by atoms with Crippen LogP contribution in [0.2, 0.25) is 5.02 Å². The third kappa shape index (κ3) is 6.93. The van der Waals surface area contributed by atoms with Crippen LogP contribution in [0.3, 0.4) is 0 Å². The van der Waals surface area contributed by atoms with E-state index in [2.05, 4.69) is 10.6 Å². The van der Waals surface area contributed by atoms with Gasteiger partial charge >= 0.3 is 0 Å². The Hall–Kier alpha value is -3.16. The lowest BCUT2D eigenvalue weighted by Crippen LogP contribution is -2.24. The van der Waals surface area contributed by atoms with Gasteiger partial charge in [-0.05, 0) is 48.4 Å². The van der Waals surface area contributed by atoms with E-state index >= 15 is 0 Å². The molecule has 166 valence electrons. The van der Waals surface area contributed by atoms with Crippen LogP contribution in [-0.2, 0) is 26.9 Å². The fraction of sp³-hybridized carbons (Fsp3) is 0.167. The van der Waals surface area contributed by atoms with Gasteiger partial charge in [-0.2, -0.15) is 0 Å². The molecule has 2 amide bonds. The predicted octanol–water partition coefficient (Wildman–Crippen LogP) is 4.13. The molecule has 0 aliphatic heterocycles. The maximum atomic E-state index is 12.5. The Balaban J connectivity index is 1.60. The molecule has 32 heavy (non-hydrogen) atoms. The normalized spacial score (nSPS) is 11.1. The molecule has 0 aliphatic carbocycles. The highest BCUT2D eigenvalue weighted by Gasteiger charge is 2.18. The number of rotatable bonds is 8. The number of halogens is 1. The SMILES string of the molecule is Cc1ccc(NC(=O)CS(=O)(=O)Cc2cccc(C(=O)NCc3ccccc3Cl)c2)cc1. The Bertz CT molecular complexity index is 1220. The lowest BCUT2D eigenvalue weighted by molar-refractivity contribution is -0.113. The van der Waals surface area contributed by atoms with Gasteiger partial charge in [0, 0.05) is 22.8 Å². The average Bonchev–Trinajstić information content (AvgIpc) is 2.74. The quantitative estimate of drug-likeness (QED) is 0.517. The molecule has 0 bridgehead atoms. The van der Waals surface area contributed by atoms with Gasteiger partial charge in [-0.25, -0.2) is 8.42 Å². The van der Waals surface area contributed by atoms with Crippen molar-refractivity contribution in [1.82, 2.24) is 5.32 Å². The highest BCUT2D eigenvalue weighted by molar-refractivity contribution is 7.91. The molecule has 0 atom stereocenters. The van der Waals surface area contributed by atoms with Gasteiger partial charge in [0.25, 0.3) is 5.91 Å². The zero-order valence-electron chi connectivity index (χ0n) is 17.5. The zero-order chi connectivity index (χ0) is 23.1. The summed E-state index contributed by atoms with van der Waals surface area (Å²) in [5.41, 5.74) is 3.10. The molecule has 3 rings (SSSR count). The summed E-state index contributed by atoms with van der Waals surface area (Å²) in [5, 5.41) is 5.91. The van der Waals surface area contributed by atoms with Gasteiger partial charge in [0.05, 0.1) is 5.75 Å². The standard InChI is InChI=1S/C24H23ClN2O4S/c1-17-9-11-21(12-10-17)27-23(28)16-32(30,31)15-18-5-4-7-19(13-18)24(29)26-14-20-6-2-3-8-22(20)25/h2-13H,14-16H2,1H3,(H,26,29)(H,27,28). The molecule has 2 N–H and O–H groups in total. The number of benzene rings is 3. The van der Waals surface area contributed by atoms with E-state index in [0.717, 1.165) is 11.1 Å². The minimum Gasteiger partial charge on any atom is -0.348 e. The number of aryl methyl sites for hydroxylation is 1. The Labute approximate surface area is 192 Å². The number of amides is 2. The fourth-order valence-electron chi connectivity index (χ4n) is 3.06. The molecule has 6 nitrogen and oxygen atoms in total. The van der Waals surface area contributed by atoms with Gasteiger partial charge in [-0.3, -0.25) is 9.59 Å². The molecule has 0 saturated heterocycles. The Morgan fingerprint density at radius 1 is 0.938 bits per heavy atom. The summed E-state index contributed by atoms with van der Waals surface area (Å²) in [4.78, 5) is 24.6. The second-order valence-corrected chi connectivity index (χ2v) is 9.89. The van der Waals surface area contributed by atoms with Crippen LogP contribution in [0, 0.1) is 6.92 Å². The van der Waals surface area contributed by atoms with Crippen LogP contribution in [0.15, 0.2) is 72.8 Å². The van der Waals surface area contributed by atoms with E-state index in [1.807, 2.05) is 31.2 Å². The molecule has 0 unspecified atom stereocenters. The summed E-state index contributed by atoms with van der Waals surface area (Å²) >= 11 is 6.10. The van der Waals surface area contributed by atoms with Crippen LogP contribution in [0.1, 0.15) is 27.0 Å². The number of hydrogen-bond acceptors (Lipinski definition) is 4. The summed E-state index contributed by atoms with van der Waals surface area (Å²) in [6, 6.07) is 20.6. The van der Waals surface area contributed by atoms with Crippen LogP contribution in [-0.4, -0.2) is 26.0 Å². The molecule has 8 heteroatoms. The monoisotopic (exact) mass is 470 g/mol. The van der Waals surface area contributed by atoms with Crippen molar-refractivity contribution in [3.63, 3.8) is 0 Å². The summed E-state index contributed by atoms with van der Waals surface area (Å²) in [6.07, 6.45) is 0. The third-order valence-electron chi connectivity index (χ3n) is 4.66. The number of nitrogens with one attached hydrogen (secondary N) is 2. The van der Waals surface area contributed by atoms with Gasteiger partial charge in [0.2, 0.25) is 5.91 Å². The lowest BCUT2D eigenvalue weighted by Gasteiger charge is -2.09.